The number of hydrogen-bond donors (Lipinski definition) is 0. The van der Waals surface area contributed by atoms with Crippen LogP contribution >= 0.6 is 0 Å². The van der Waals surface area contributed by atoms with Gasteiger partial charge in [-0.1, -0.05) is 18.6 Å². The molecule has 1 aliphatic heterocycles. The van der Waals surface area contributed by atoms with Gasteiger partial charge in [-0.2, -0.15) is 4.31 Å². The van der Waals surface area contributed by atoms with Gasteiger partial charge in [-0.15, -0.1) is 0 Å². The number of aliphatic imine (C=N–C) groups is 1. The summed E-state index contributed by atoms with van der Waals surface area (Å²) in [6, 6.07) is 15.1. The molecule has 0 radical (unpaired) electrons. The number of hydrogen-bond acceptors (Lipinski definition) is 4. The van der Waals surface area contributed by atoms with Gasteiger partial charge < -0.3 is 4.90 Å². The first-order valence-corrected chi connectivity index (χ1v) is 11.5. The zero-order chi connectivity index (χ0) is 20.0. The molecule has 0 saturated carbocycles. The van der Waals surface area contributed by atoms with Crippen LogP contribution in [0.2, 0.25) is 0 Å². The normalized spacial score (nSPS) is 15.8. The smallest absolute Gasteiger partial charge is 0.243 e. The topological polar surface area (TPSA) is 53.0 Å². The van der Waals surface area contributed by atoms with Crippen LogP contribution in [0.4, 0.5) is 11.4 Å². The third kappa shape index (κ3) is 4.80. The fourth-order valence-electron chi connectivity index (χ4n) is 3.47. The molecule has 0 bridgehead atoms. The minimum atomic E-state index is -3.39. The number of rotatable bonds is 7. The Morgan fingerprint density at radius 1 is 0.929 bits per heavy atom. The lowest BCUT2D eigenvalue weighted by atomic mass is 10.2. The second-order valence-corrected chi connectivity index (χ2v) is 8.92. The predicted octanol–water partition coefficient (Wildman–Crippen LogP) is 4.46. The van der Waals surface area contributed by atoms with Gasteiger partial charge in [0.15, 0.2) is 0 Å². The Kier molecular flexibility index (Phi) is 6.86. The molecule has 0 atom stereocenters. The summed E-state index contributed by atoms with van der Waals surface area (Å²) in [6.07, 6.45) is 4.79. The Bertz CT molecular complexity index is 880. The summed E-state index contributed by atoms with van der Waals surface area (Å²) < 4.78 is 27.0. The van der Waals surface area contributed by atoms with Crippen molar-refractivity contribution in [1.29, 1.82) is 0 Å². The van der Waals surface area contributed by atoms with Gasteiger partial charge in [0.05, 0.1) is 10.6 Å². The van der Waals surface area contributed by atoms with Gasteiger partial charge in [-0.3, -0.25) is 4.99 Å². The molecular formula is C22H29N3O2S. The maximum absolute atomic E-state index is 12.7. The average molecular weight is 400 g/mol. The lowest BCUT2D eigenvalue weighted by molar-refractivity contribution is 0.346. The van der Waals surface area contributed by atoms with E-state index in [1.807, 2.05) is 12.1 Å². The lowest BCUT2D eigenvalue weighted by Gasteiger charge is -2.25. The van der Waals surface area contributed by atoms with Gasteiger partial charge in [0, 0.05) is 38.1 Å². The van der Waals surface area contributed by atoms with Crippen molar-refractivity contribution in [3.63, 3.8) is 0 Å². The Balaban J connectivity index is 1.68. The van der Waals surface area contributed by atoms with Crippen molar-refractivity contribution in [3.05, 3.63) is 54.1 Å². The van der Waals surface area contributed by atoms with Crippen LogP contribution in [0.3, 0.4) is 0 Å². The Morgan fingerprint density at radius 3 is 2.11 bits per heavy atom. The van der Waals surface area contributed by atoms with Crippen LogP contribution in [-0.2, 0) is 10.0 Å². The maximum atomic E-state index is 12.7. The van der Waals surface area contributed by atoms with Gasteiger partial charge in [-0.25, -0.2) is 8.42 Å². The van der Waals surface area contributed by atoms with Crippen molar-refractivity contribution in [2.24, 2.45) is 4.99 Å². The summed E-state index contributed by atoms with van der Waals surface area (Å²) in [4.78, 5) is 7.12. The molecular weight excluding hydrogens is 370 g/mol. The van der Waals surface area contributed by atoms with E-state index < -0.39 is 10.0 Å². The molecule has 0 aliphatic carbocycles. The average Bonchev–Trinajstić information content (AvgIpc) is 2.75. The van der Waals surface area contributed by atoms with E-state index in [1.165, 1.54) is 5.69 Å². The molecule has 1 heterocycles. The van der Waals surface area contributed by atoms with E-state index in [-0.39, 0.29) is 0 Å². The molecule has 0 aromatic heterocycles. The van der Waals surface area contributed by atoms with E-state index in [0.717, 1.165) is 43.6 Å². The third-order valence-corrected chi connectivity index (χ3v) is 7.09. The summed E-state index contributed by atoms with van der Waals surface area (Å²) in [6.45, 7) is 7.49. The highest BCUT2D eigenvalue weighted by molar-refractivity contribution is 7.89. The summed E-state index contributed by atoms with van der Waals surface area (Å²) in [5.74, 6) is 0. The van der Waals surface area contributed by atoms with Gasteiger partial charge >= 0.3 is 0 Å². The lowest BCUT2D eigenvalue weighted by Crippen LogP contribution is -2.35. The van der Waals surface area contributed by atoms with E-state index in [1.54, 1.807) is 34.8 Å². The quantitative estimate of drug-likeness (QED) is 0.646. The van der Waals surface area contributed by atoms with Crippen LogP contribution in [0.25, 0.3) is 0 Å². The first kappa shape index (κ1) is 20.6. The summed E-state index contributed by atoms with van der Waals surface area (Å²) in [5, 5.41) is 0. The first-order chi connectivity index (χ1) is 13.5. The molecule has 0 unspecified atom stereocenters. The number of benzene rings is 2. The van der Waals surface area contributed by atoms with Crippen molar-refractivity contribution in [2.75, 3.05) is 31.1 Å². The molecule has 28 heavy (non-hydrogen) atoms. The van der Waals surface area contributed by atoms with Crippen molar-refractivity contribution < 1.29 is 8.42 Å². The highest BCUT2D eigenvalue weighted by atomic mass is 32.2. The summed E-state index contributed by atoms with van der Waals surface area (Å²) in [5.41, 5.74) is 2.96. The number of anilines is 1. The number of piperidine rings is 1. The molecule has 1 aliphatic rings. The third-order valence-electron chi connectivity index (χ3n) is 5.17. The molecule has 150 valence electrons. The minimum Gasteiger partial charge on any atom is -0.372 e. The molecule has 0 spiro atoms. The van der Waals surface area contributed by atoms with Crippen LogP contribution in [0.5, 0.6) is 0 Å². The Morgan fingerprint density at radius 2 is 1.54 bits per heavy atom. The highest BCUT2D eigenvalue weighted by Crippen LogP contribution is 2.23. The van der Waals surface area contributed by atoms with E-state index in [9.17, 15) is 8.42 Å². The Labute approximate surface area is 168 Å². The van der Waals surface area contributed by atoms with Gasteiger partial charge in [0.1, 0.15) is 0 Å². The second kappa shape index (κ2) is 9.34. The maximum Gasteiger partial charge on any atom is 0.243 e. The van der Waals surface area contributed by atoms with E-state index >= 15 is 0 Å². The van der Waals surface area contributed by atoms with Gasteiger partial charge in [0.2, 0.25) is 10.0 Å². The van der Waals surface area contributed by atoms with E-state index in [2.05, 4.69) is 35.9 Å². The molecule has 5 nitrogen and oxygen atoms in total. The molecule has 0 N–H and O–H groups in total. The zero-order valence-electron chi connectivity index (χ0n) is 16.7. The molecule has 0 amide bonds. The van der Waals surface area contributed by atoms with Crippen molar-refractivity contribution >= 4 is 27.6 Å². The van der Waals surface area contributed by atoms with Crippen molar-refractivity contribution in [1.82, 2.24) is 4.31 Å². The zero-order valence-corrected chi connectivity index (χ0v) is 17.5. The molecule has 3 rings (SSSR count). The van der Waals surface area contributed by atoms with Crippen LogP contribution in [0.1, 0.15) is 38.7 Å². The molecule has 1 fully saturated rings. The van der Waals surface area contributed by atoms with Crippen LogP contribution in [0.15, 0.2) is 58.4 Å². The summed E-state index contributed by atoms with van der Waals surface area (Å²) >= 11 is 0. The second-order valence-electron chi connectivity index (χ2n) is 6.98. The van der Waals surface area contributed by atoms with E-state index in [0.29, 0.717) is 18.0 Å². The fourth-order valence-corrected chi connectivity index (χ4v) is 4.98. The standard InChI is InChI=1S/C22H29N3O2S/c1-3-24(4-2)21-12-8-19(9-13-21)18-23-20-10-14-22(15-11-20)28(26,27)25-16-6-5-7-17-25/h8-15,18H,3-7,16-17H2,1-2H3. The van der Waals surface area contributed by atoms with Gasteiger partial charge in [0.25, 0.3) is 0 Å². The van der Waals surface area contributed by atoms with Crippen molar-refractivity contribution in [3.8, 4) is 0 Å². The first-order valence-electron chi connectivity index (χ1n) is 10.0. The van der Waals surface area contributed by atoms with Crippen LogP contribution < -0.4 is 4.90 Å². The minimum absolute atomic E-state index is 0.344. The largest absolute Gasteiger partial charge is 0.372 e. The molecule has 2 aromatic carbocycles. The number of nitrogens with zero attached hydrogens (tertiary/aromatic N) is 3. The molecule has 6 heteroatoms. The highest BCUT2D eigenvalue weighted by Gasteiger charge is 2.25. The predicted molar refractivity (Wildman–Crippen MR) is 116 cm³/mol. The van der Waals surface area contributed by atoms with Crippen LogP contribution in [-0.4, -0.2) is 45.1 Å². The van der Waals surface area contributed by atoms with Gasteiger partial charge in [-0.05, 0) is 68.7 Å². The monoisotopic (exact) mass is 399 g/mol. The summed E-state index contributed by atoms with van der Waals surface area (Å²) in [7, 11) is -3.39. The number of sulfonamides is 1. The van der Waals surface area contributed by atoms with Crippen LogP contribution in [0, 0.1) is 0 Å². The SMILES string of the molecule is CCN(CC)c1ccc(C=Nc2ccc(S(=O)(=O)N3CCCCC3)cc2)cc1. The van der Waals surface area contributed by atoms with Crippen molar-refractivity contribution in [2.45, 2.75) is 38.0 Å². The molecule has 1 saturated heterocycles. The van der Waals surface area contributed by atoms with E-state index in [4.69, 9.17) is 0 Å². The fraction of sp³-hybridized carbons (Fsp3) is 0.409. The molecule has 2 aromatic rings. The Hall–Kier alpha value is -2.18.